The molecule has 0 radical (unpaired) electrons. The van der Waals surface area contributed by atoms with Gasteiger partial charge in [-0.3, -0.25) is 4.57 Å². The van der Waals surface area contributed by atoms with Crippen molar-refractivity contribution in [2.24, 2.45) is 0 Å². The second kappa shape index (κ2) is 6.70. The van der Waals surface area contributed by atoms with Crippen molar-refractivity contribution in [3.05, 3.63) is 102 Å². The van der Waals surface area contributed by atoms with Crippen LogP contribution in [0.4, 0.5) is 5.69 Å². The number of anilines is 1. The predicted octanol–water partition coefficient (Wildman–Crippen LogP) is 6.60. The average molecular weight is 406 g/mol. The lowest BCUT2D eigenvalue weighted by Crippen LogP contribution is -2.16. The molecule has 138 valence electrons. The molecular weight excluding hydrogens is 389 g/mol. The Kier molecular flexibility index (Phi) is 4.16. The summed E-state index contributed by atoms with van der Waals surface area (Å²) in [6, 6.07) is 28.9. The van der Waals surface area contributed by atoms with Gasteiger partial charge >= 0.3 is 7.37 Å². The van der Waals surface area contributed by atoms with Crippen molar-refractivity contribution in [3.63, 3.8) is 0 Å². The molecule has 0 spiro atoms. The van der Waals surface area contributed by atoms with E-state index in [4.69, 9.17) is 16.1 Å². The molecule has 0 bridgehead atoms. The number of benzene rings is 4. The third-order valence-electron chi connectivity index (χ3n) is 5.04. The lowest BCUT2D eigenvalue weighted by molar-refractivity contribution is 0.503. The molecule has 0 saturated carbocycles. The third kappa shape index (κ3) is 2.79. The van der Waals surface area contributed by atoms with Crippen molar-refractivity contribution in [1.82, 2.24) is 0 Å². The largest absolute Gasteiger partial charge is 0.437 e. The van der Waals surface area contributed by atoms with Gasteiger partial charge in [-0.25, -0.2) is 0 Å². The average Bonchev–Trinajstić information content (AvgIpc) is 3.03. The molecule has 5 heteroatoms. The Morgan fingerprint density at radius 1 is 0.821 bits per heavy atom. The topological polar surface area (TPSA) is 38.3 Å². The molecule has 4 aromatic carbocycles. The Balaban J connectivity index is 1.69. The van der Waals surface area contributed by atoms with Crippen LogP contribution in [0.2, 0.25) is 5.02 Å². The molecule has 1 N–H and O–H groups in total. The molecule has 3 nitrogen and oxygen atoms in total. The maximum absolute atomic E-state index is 14.2. The molecule has 0 saturated heterocycles. The summed E-state index contributed by atoms with van der Waals surface area (Å²) < 4.78 is 20.5. The van der Waals surface area contributed by atoms with E-state index in [0.29, 0.717) is 16.1 Å². The molecule has 0 unspecified atom stereocenters. The van der Waals surface area contributed by atoms with Crippen LogP contribution in [0.3, 0.4) is 0 Å². The number of hydrogen-bond acceptors (Lipinski definition) is 3. The van der Waals surface area contributed by atoms with Gasteiger partial charge in [-0.15, -0.1) is 0 Å². The van der Waals surface area contributed by atoms with E-state index in [9.17, 15) is 4.57 Å². The molecule has 1 aliphatic rings. The molecule has 1 heterocycles. The highest BCUT2D eigenvalue weighted by Gasteiger charge is 2.46. The number of hydrogen-bond donors (Lipinski definition) is 1. The first-order valence-corrected chi connectivity index (χ1v) is 11.1. The normalized spacial score (nSPS) is 20.5. The minimum atomic E-state index is -3.24. The second-order valence-electron chi connectivity index (χ2n) is 6.78. The highest BCUT2D eigenvalue weighted by Crippen LogP contribution is 2.66. The van der Waals surface area contributed by atoms with Crippen LogP contribution in [0, 0.1) is 0 Å². The summed E-state index contributed by atoms with van der Waals surface area (Å²) in [4.78, 5) is 0. The zero-order valence-corrected chi connectivity index (χ0v) is 16.5. The van der Waals surface area contributed by atoms with E-state index in [1.807, 2.05) is 84.9 Å². The number of rotatable bonds is 3. The van der Waals surface area contributed by atoms with Crippen molar-refractivity contribution in [2.75, 3.05) is 5.32 Å². The molecule has 1 aliphatic heterocycles. The van der Waals surface area contributed by atoms with Gasteiger partial charge in [0, 0.05) is 21.7 Å². The van der Waals surface area contributed by atoms with Gasteiger partial charge in [0.05, 0.1) is 5.30 Å². The van der Waals surface area contributed by atoms with Crippen LogP contribution >= 0.6 is 19.0 Å². The maximum atomic E-state index is 14.2. The molecule has 5 rings (SSSR count). The first kappa shape index (κ1) is 17.4. The Morgan fingerprint density at radius 2 is 1.54 bits per heavy atom. The van der Waals surface area contributed by atoms with Gasteiger partial charge in [0.15, 0.2) is 0 Å². The van der Waals surface area contributed by atoms with E-state index < -0.39 is 13.2 Å². The lowest BCUT2D eigenvalue weighted by atomic mass is 10.1. The Morgan fingerprint density at radius 3 is 2.32 bits per heavy atom. The molecule has 2 atom stereocenters. The van der Waals surface area contributed by atoms with Gasteiger partial charge in [0.2, 0.25) is 0 Å². The molecule has 0 aliphatic carbocycles. The Hall–Kier alpha value is -2.74. The number of nitrogens with one attached hydrogen (secondary N) is 1. The summed E-state index contributed by atoms with van der Waals surface area (Å²) in [6.45, 7) is 0. The fraction of sp³-hybridized carbons (Fsp3) is 0.0435. The second-order valence-corrected chi connectivity index (χ2v) is 9.63. The Labute approximate surface area is 168 Å². The van der Waals surface area contributed by atoms with E-state index >= 15 is 0 Å². The molecular formula is C23H17ClNO2P. The van der Waals surface area contributed by atoms with E-state index in [0.717, 1.165) is 22.0 Å². The zero-order chi connectivity index (χ0) is 19.1. The van der Waals surface area contributed by atoms with Gasteiger partial charge in [-0.2, -0.15) is 0 Å². The van der Waals surface area contributed by atoms with E-state index in [-0.39, 0.29) is 0 Å². The first-order valence-electron chi connectivity index (χ1n) is 9.04. The quantitative estimate of drug-likeness (QED) is 0.390. The van der Waals surface area contributed by atoms with Crippen LogP contribution in [-0.4, -0.2) is 0 Å². The maximum Gasteiger partial charge on any atom is 0.303 e. The highest BCUT2D eigenvalue weighted by molar-refractivity contribution is 7.68. The number of halogens is 1. The molecule has 0 amide bonds. The minimum absolute atomic E-state index is 0.476. The van der Waals surface area contributed by atoms with Gasteiger partial charge in [-0.05, 0) is 41.8 Å². The monoisotopic (exact) mass is 405 g/mol. The summed E-state index contributed by atoms with van der Waals surface area (Å²) in [5, 5.41) is 6.82. The summed E-state index contributed by atoms with van der Waals surface area (Å²) in [7, 11) is -3.24. The van der Waals surface area contributed by atoms with Crippen LogP contribution in [0.5, 0.6) is 5.75 Å². The van der Waals surface area contributed by atoms with Crippen LogP contribution in [0.1, 0.15) is 11.3 Å². The van der Waals surface area contributed by atoms with Crippen molar-refractivity contribution < 1.29 is 9.09 Å². The molecule has 28 heavy (non-hydrogen) atoms. The van der Waals surface area contributed by atoms with Crippen LogP contribution in [0.25, 0.3) is 10.8 Å². The van der Waals surface area contributed by atoms with Crippen LogP contribution < -0.4 is 15.1 Å². The van der Waals surface area contributed by atoms with Crippen molar-refractivity contribution in [2.45, 2.75) is 5.78 Å². The summed E-state index contributed by atoms with van der Waals surface area (Å²) in [5.41, 5.74) is 1.75. The molecule has 0 fully saturated rings. The van der Waals surface area contributed by atoms with Gasteiger partial charge in [0.25, 0.3) is 0 Å². The van der Waals surface area contributed by atoms with E-state index in [1.54, 1.807) is 0 Å². The van der Waals surface area contributed by atoms with Gasteiger partial charge in [0.1, 0.15) is 11.5 Å². The van der Waals surface area contributed by atoms with E-state index in [1.165, 1.54) is 0 Å². The van der Waals surface area contributed by atoms with Crippen molar-refractivity contribution >= 4 is 40.7 Å². The number of fused-ring (bicyclic) bond motifs is 3. The van der Waals surface area contributed by atoms with Gasteiger partial charge in [-0.1, -0.05) is 66.2 Å². The SMILES string of the molecule is O=[P@@]1(c2ccccc2)Oc2c(ccc3ccccc23)[C@H]1Nc1ccc(Cl)cc1. The Bertz CT molecular complexity index is 1210. The van der Waals surface area contributed by atoms with Crippen LogP contribution in [0.15, 0.2) is 91.0 Å². The molecule has 0 aromatic heterocycles. The minimum Gasteiger partial charge on any atom is -0.437 e. The highest BCUT2D eigenvalue weighted by atomic mass is 35.5. The summed E-state index contributed by atoms with van der Waals surface area (Å²) in [6.07, 6.45) is 0. The van der Waals surface area contributed by atoms with Gasteiger partial charge < -0.3 is 9.84 Å². The summed E-state index contributed by atoms with van der Waals surface area (Å²) >= 11 is 6.02. The van der Waals surface area contributed by atoms with E-state index in [2.05, 4.69) is 11.4 Å². The summed E-state index contributed by atoms with van der Waals surface area (Å²) in [5.74, 6) is 0.215. The first-order chi connectivity index (χ1) is 13.6. The smallest absolute Gasteiger partial charge is 0.303 e. The van der Waals surface area contributed by atoms with Crippen molar-refractivity contribution in [3.8, 4) is 5.75 Å². The fourth-order valence-electron chi connectivity index (χ4n) is 3.65. The zero-order valence-electron chi connectivity index (χ0n) is 14.9. The fourth-order valence-corrected chi connectivity index (χ4v) is 6.24. The van der Waals surface area contributed by atoms with Crippen LogP contribution in [-0.2, 0) is 4.57 Å². The molecule has 4 aromatic rings. The van der Waals surface area contributed by atoms with Crippen molar-refractivity contribution in [1.29, 1.82) is 0 Å². The third-order valence-corrected chi connectivity index (χ3v) is 7.85. The standard InChI is InChI=1S/C23H17ClNO2P/c24-17-11-13-18(14-12-17)25-23-21-15-10-16-6-4-5-9-20(16)22(21)27-28(23,26)19-7-2-1-3-8-19/h1-15,23,25H/t23-,28-/m0/s1. The predicted molar refractivity (Wildman–Crippen MR) is 116 cm³/mol. The lowest BCUT2D eigenvalue weighted by Gasteiger charge is -2.22.